The Morgan fingerprint density at radius 1 is 1.11 bits per heavy atom. The number of para-hydroxylation sites is 2. The maximum absolute atomic E-state index is 9.36. The van der Waals surface area contributed by atoms with Crippen LogP contribution >= 0.6 is 0 Å². The van der Waals surface area contributed by atoms with Gasteiger partial charge >= 0.3 is 0 Å². The highest BCUT2D eigenvalue weighted by Gasteiger charge is 2.06. The van der Waals surface area contributed by atoms with E-state index in [0.29, 0.717) is 22.9 Å². The topological polar surface area (TPSA) is 51.6 Å². The van der Waals surface area contributed by atoms with Crippen molar-refractivity contribution < 1.29 is 14.6 Å². The van der Waals surface area contributed by atoms with Gasteiger partial charge in [0, 0.05) is 0 Å². The SMILES string of the molecule is COc1ccccc1Oc1ccc([C@@H](C)O)nc1. The summed E-state index contributed by atoms with van der Waals surface area (Å²) in [6.45, 7) is 1.67. The molecule has 0 bridgehead atoms. The van der Waals surface area contributed by atoms with Crippen molar-refractivity contribution in [2.45, 2.75) is 13.0 Å². The molecule has 0 aliphatic rings. The molecule has 1 aromatic heterocycles. The molecule has 0 aliphatic heterocycles. The summed E-state index contributed by atoms with van der Waals surface area (Å²) in [7, 11) is 1.59. The molecule has 1 atom stereocenters. The summed E-state index contributed by atoms with van der Waals surface area (Å²) in [6.07, 6.45) is 0.999. The van der Waals surface area contributed by atoms with Gasteiger partial charge in [0.2, 0.25) is 0 Å². The molecule has 0 unspecified atom stereocenters. The van der Waals surface area contributed by atoms with Crippen LogP contribution in [0.4, 0.5) is 0 Å². The lowest BCUT2D eigenvalue weighted by Gasteiger charge is -2.10. The van der Waals surface area contributed by atoms with Gasteiger partial charge in [0.05, 0.1) is 25.1 Å². The van der Waals surface area contributed by atoms with E-state index in [0.717, 1.165) is 0 Å². The molecule has 1 heterocycles. The maximum atomic E-state index is 9.36. The van der Waals surface area contributed by atoms with E-state index < -0.39 is 6.10 Å². The normalized spacial score (nSPS) is 11.9. The van der Waals surface area contributed by atoms with Crippen LogP contribution in [0.3, 0.4) is 0 Å². The molecule has 2 aromatic rings. The molecule has 4 heteroatoms. The van der Waals surface area contributed by atoms with Crippen molar-refractivity contribution >= 4 is 0 Å². The molecular weight excluding hydrogens is 230 g/mol. The monoisotopic (exact) mass is 245 g/mol. The van der Waals surface area contributed by atoms with Gasteiger partial charge in [-0.1, -0.05) is 12.1 Å². The second-order valence-corrected chi connectivity index (χ2v) is 3.85. The van der Waals surface area contributed by atoms with E-state index in [1.807, 2.05) is 24.3 Å². The Balaban J connectivity index is 2.18. The van der Waals surface area contributed by atoms with Crippen LogP contribution in [0.25, 0.3) is 0 Å². The Bertz CT molecular complexity index is 509. The molecular formula is C14H15NO3. The van der Waals surface area contributed by atoms with Crippen molar-refractivity contribution in [1.82, 2.24) is 4.98 Å². The smallest absolute Gasteiger partial charge is 0.169 e. The summed E-state index contributed by atoms with van der Waals surface area (Å²) < 4.78 is 10.9. The zero-order valence-electron chi connectivity index (χ0n) is 10.3. The summed E-state index contributed by atoms with van der Waals surface area (Å²) in [6, 6.07) is 10.9. The Kier molecular flexibility index (Phi) is 3.79. The minimum absolute atomic E-state index is 0.578. The van der Waals surface area contributed by atoms with Gasteiger partial charge in [0.15, 0.2) is 11.5 Å². The van der Waals surface area contributed by atoms with Crippen molar-refractivity contribution in [2.75, 3.05) is 7.11 Å². The number of aliphatic hydroxyl groups is 1. The predicted octanol–water partition coefficient (Wildman–Crippen LogP) is 2.94. The Labute approximate surface area is 106 Å². The predicted molar refractivity (Wildman–Crippen MR) is 67.9 cm³/mol. The van der Waals surface area contributed by atoms with E-state index in [2.05, 4.69) is 4.98 Å². The summed E-state index contributed by atoms with van der Waals surface area (Å²) in [5, 5.41) is 9.36. The zero-order valence-corrected chi connectivity index (χ0v) is 10.3. The molecule has 0 aliphatic carbocycles. The highest BCUT2D eigenvalue weighted by atomic mass is 16.5. The lowest BCUT2D eigenvalue weighted by atomic mass is 10.2. The van der Waals surface area contributed by atoms with Crippen LogP contribution in [-0.2, 0) is 0 Å². The molecule has 1 aromatic carbocycles. The van der Waals surface area contributed by atoms with Crippen molar-refractivity contribution in [2.24, 2.45) is 0 Å². The first-order chi connectivity index (χ1) is 8.70. The Morgan fingerprint density at radius 3 is 2.39 bits per heavy atom. The molecule has 0 spiro atoms. The third-order valence-corrected chi connectivity index (χ3v) is 2.48. The van der Waals surface area contributed by atoms with E-state index in [4.69, 9.17) is 9.47 Å². The van der Waals surface area contributed by atoms with Crippen LogP contribution in [-0.4, -0.2) is 17.2 Å². The molecule has 0 saturated heterocycles. The number of nitrogens with zero attached hydrogens (tertiary/aromatic N) is 1. The van der Waals surface area contributed by atoms with Gasteiger partial charge in [-0.05, 0) is 31.2 Å². The third-order valence-electron chi connectivity index (χ3n) is 2.48. The number of aromatic nitrogens is 1. The van der Waals surface area contributed by atoms with Crippen molar-refractivity contribution in [3.05, 3.63) is 48.3 Å². The van der Waals surface area contributed by atoms with Crippen molar-refractivity contribution in [3.8, 4) is 17.2 Å². The van der Waals surface area contributed by atoms with E-state index in [1.54, 1.807) is 32.4 Å². The lowest BCUT2D eigenvalue weighted by molar-refractivity contribution is 0.194. The van der Waals surface area contributed by atoms with Crippen LogP contribution in [0.1, 0.15) is 18.7 Å². The van der Waals surface area contributed by atoms with Gasteiger partial charge in [-0.25, -0.2) is 0 Å². The van der Waals surface area contributed by atoms with E-state index >= 15 is 0 Å². The van der Waals surface area contributed by atoms with Gasteiger partial charge in [0.25, 0.3) is 0 Å². The van der Waals surface area contributed by atoms with Gasteiger partial charge in [-0.2, -0.15) is 0 Å². The van der Waals surface area contributed by atoms with Crippen LogP contribution in [0.15, 0.2) is 42.6 Å². The Hall–Kier alpha value is -2.07. The molecule has 94 valence electrons. The molecule has 18 heavy (non-hydrogen) atoms. The molecule has 4 nitrogen and oxygen atoms in total. The second-order valence-electron chi connectivity index (χ2n) is 3.85. The molecule has 1 N–H and O–H groups in total. The number of ether oxygens (including phenoxy) is 2. The second kappa shape index (κ2) is 5.51. The maximum Gasteiger partial charge on any atom is 0.169 e. The highest BCUT2D eigenvalue weighted by molar-refractivity contribution is 5.42. The number of rotatable bonds is 4. The molecule has 0 saturated carbocycles. The van der Waals surface area contributed by atoms with E-state index in [1.165, 1.54) is 0 Å². The fraction of sp³-hybridized carbons (Fsp3) is 0.214. The lowest BCUT2D eigenvalue weighted by Crippen LogP contribution is -1.95. The Morgan fingerprint density at radius 2 is 1.83 bits per heavy atom. The van der Waals surface area contributed by atoms with Gasteiger partial charge < -0.3 is 14.6 Å². The molecule has 0 radical (unpaired) electrons. The number of aliphatic hydroxyl groups excluding tert-OH is 1. The fourth-order valence-electron chi connectivity index (χ4n) is 1.53. The van der Waals surface area contributed by atoms with Crippen molar-refractivity contribution in [1.29, 1.82) is 0 Å². The number of methoxy groups -OCH3 is 1. The summed E-state index contributed by atoms with van der Waals surface area (Å²) in [5.41, 5.74) is 0.613. The fourth-order valence-corrected chi connectivity index (χ4v) is 1.53. The molecule has 0 fully saturated rings. The van der Waals surface area contributed by atoms with Crippen LogP contribution in [0.5, 0.6) is 17.2 Å². The molecule has 0 amide bonds. The van der Waals surface area contributed by atoms with Crippen LogP contribution < -0.4 is 9.47 Å². The van der Waals surface area contributed by atoms with E-state index in [9.17, 15) is 5.11 Å². The number of pyridine rings is 1. The van der Waals surface area contributed by atoms with E-state index in [-0.39, 0.29) is 0 Å². The summed E-state index contributed by atoms with van der Waals surface area (Å²) in [5.74, 6) is 1.90. The zero-order chi connectivity index (χ0) is 13.0. The third kappa shape index (κ3) is 2.78. The highest BCUT2D eigenvalue weighted by Crippen LogP contribution is 2.30. The van der Waals surface area contributed by atoms with Crippen LogP contribution in [0.2, 0.25) is 0 Å². The summed E-state index contributed by atoms with van der Waals surface area (Å²) >= 11 is 0. The number of hydrogen-bond acceptors (Lipinski definition) is 4. The average molecular weight is 245 g/mol. The largest absolute Gasteiger partial charge is 0.493 e. The van der Waals surface area contributed by atoms with Gasteiger partial charge in [0.1, 0.15) is 5.75 Å². The van der Waals surface area contributed by atoms with Gasteiger partial charge in [-0.15, -0.1) is 0 Å². The van der Waals surface area contributed by atoms with Crippen molar-refractivity contribution in [3.63, 3.8) is 0 Å². The summed E-state index contributed by atoms with van der Waals surface area (Å²) in [4.78, 5) is 4.11. The first-order valence-corrected chi connectivity index (χ1v) is 5.65. The standard InChI is InChI=1S/C14H15NO3/c1-10(16)12-8-7-11(9-15-12)18-14-6-4-3-5-13(14)17-2/h3-10,16H,1-2H3/t10-/m1/s1. The quantitative estimate of drug-likeness (QED) is 0.899. The first kappa shape index (κ1) is 12.4. The molecule has 2 rings (SSSR count). The number of benzene rings is 1. The van der Waals surface area contributed by atoms with Gasteiger partial charge in [-0.3, -0.25) is 4.98 Å². The minimum atomic E-state index is -0.578. The minimum Gasteiger partial charge on any atom is -0.493 e. The number of hydrogen-bond donors (Lipinski definition) is 1. The van der Waals surface area contributed by atoms with Crippen LogP contribution in [0, 0.1) is 0 Å². The first-order valence-electron chi connectivity index (χ1n) is 5.65. The average Bonchev–Trinajstić information content (AvgIpc) is 2.40.